The van der Waals surface area contributed by atoms with Gasteiger partial charge in [0.25, 0.3) is 0 Å². The minimum atomic E-state index is -1.18. The molecule has 2 heterocycles. The van der Waals surface area contributed by atoms with Crippen LogP contribution < -0.4 is 5.43 Å². The number of carboxylic acid groups (broad SMARTS) is 1. The molecule has 3 rings (SSSR count). The first-order chi connectivity index (χ1) is 9.49. The topological polar surface area (TPSA) is 59.3 Å². The molecule has 1 unspecified atom stereocenters. The Kier molecular flexibility index (Phi) is 3.01. The Bertz CT molecular complexity index is 779. The number of rotatable bonds is 1. The van der Waals surface area contributed by atoms with E-state index in [-0.39, 0.29) is 11.6 Å². The summed E-state index contributed by atoms with van der Waals surface area (Å²) in [5.74, 6) is -1.18. The molecule has 0 amide bonds. The van der Waals surface area contributed by atoms with Crippen molar-refractivity contribution < 1.29 is 9.90 Å². The molecule has 102 valence electrons. The van der Waals surface area contributed by atoms with Gasteiger partial charge in [-0.2, -0.15) is 0 Å². The van der Waals surface area contributed by atoms with E-state index in [2.05, 4.69) is 15.9 Å². The monoisotopic (exact) mass is 333 g/mol. The van der Waals surface area contributed by atoms with Gasteiger partial charge >= 0.3 is 5.97 Å². The first-order valence-corrected chi connectivity index (χ1v) is 7.05. The highest BCUT2D eigenvalue weighted by atomic mass is 79.9. The summed E-state index contributed by atoms with van der Waals surface area (Å²) in [4.78, 5) is 23.1. The Balaban J connectivity index is 2.35. The van der Waals surface area contributed by atoms with Crippen molar-refractivity contribution in [3.63, 3.8) is 0 Å². The van der Waals surface area contributed by atoms with E-state index in [1.807, 2.05) is 29.7 Å². The standard InChI is InChI=1S/C15H12BrNO3/c1-8-5-9-3-2-4-11(16)14(9)12-6-13(18)10(15(19)20)7-17(8)12/h2-4,6-8H,5H2,1H3,(H,19,20). The van der Waals surface area contributed by atoms with Crippen LogP contribution in [-0.2, 0) is 6.42 Å². The number of pyridine rings is 1. The van der Waals surface area contributed by atoms with Crippen LogP contribution in [0.4, 0.5) is 0 Å². The van der Waals surface area contributed by atoms with Crippen molar-refractivity contribution >= 4 is 21.9 Å². The predicted molar refractivity (Wildman–Crippen MR) is 79.2 cm³/mol. The SMILES string of the molecule is CC1Cc2cccc(Br)c2-c2cc(=O)c(C(=O)O)cn21. The van der Waals surface area contributed by atoms with E-state index in [0.717, 1.165) is 27.7 Å². The van der Waals surface area contributed by atoms with Crippen LogP contribution in [0.2, 0.25) is 0 Å². The summed E-state index contributed by atoms with van der Waals surface area (Å²) in [6, 6.07) is 7.47. The summed E-state index contributed by atoms with van der Waals surface area (Å²) in [6.07, 6.45) is 2.26. The molecule has 1 atom stereocenters. The Morgan fingerprint density at radius 2 is 2.20 bits per heavy atom. The molecule has 0 bridgehead atoms. The summed E-state index contributed by atoms with van der Waals surface area (Å²) in [7, 11) is 0. The van der Waals surface area contributed by atoms with E-state index in [9.17, 15) is 9.59 Å². The van der Waals surface area contributed by atoms with Crippen LogP contribution in [0, 0.1) is 0 Å². The number of aromatic carboxylic acids is 1. The largest absolute Gasteiger partial charge is 0.477 e. The third kappa shape index (κ3) is 1.89. The Hall–Kier alpha value is -1.88. The molecule has 5 heteroatoms. The van der Waals surface area contributed by atoms with Crippen molar-refractivity contribution in [3.05, 3.63) is 56.3 Å². The number of nitrogens with zero attached hydrogens (tertiary/aromatic N) is 1. The zero-order chi connectivity index (χ0) is 14.4. The molecular formula is C15H12BrNO3. The van der Waals surface area contributed by atoms with E-state index in [0.29, 0.717) is 0 Å². The number of aromatic nitrogens is 1. The molecule has 1 aliphatic rings. The second-order valence-corrected chi connectivity index (χ2v) is 5.83. The highest BCUT2D eigenvalue weighted by molar-refractivity contribution is 9.10. The van der Waals surface area contributed by atoms with Crippen LogP contribution in [-0.4, -0.2) is 15.6 Å². The average molecular weight is 334 g/mol. The minimum Gasteiger partial charge on any atom is -0.477 e. The zero-order valence-corrected chi connectivity index (χ0v) is 12.3. The number of carbonyl (C=O) groups is 1. The highest BCUT2D eigenvalue weighted by Crippen LogP contribution is 2.38. The van der Waals surface area contributed by atoms with Gasteiger partial charge in [0.2, 0.25) is 0 Å². The second kappa shape index (κ2) is 4.59. The van der Waals surface area contributed by atoms with Crippen molar-refractivity contribution in [2.45, 2.75) is 19.4 Å². The quantitative estimate of drug-likeness (QED) is 0.872. The van der Waals surface area contributed by atoms with Gasteiger partial charge in [0.15, 0.2) is 5.43 Å². The van der Waals surface area contributed by atoms with Crippen LogP contribution >= 0.6 is 15.9 Å². The number of fused-ring (bicyclic) bond motifs is 3. The van der Waals surface area contributed by atoms with Gasteiger partial charge in [-0.05, 0) is 25.0 Å². The van der Waals surface area contributed by atoms with Crippen LogP contribution in [0.3, 0.4) is 0 Å². The third-order valence-corrected chi connectivity index (χ3v) is 4.32. The molecule has 1 aromatic heterocycles. The molecule has 0 saturated carbocycles. The number of hydrogen-bond acceptors (Lipinski definition) is 2. The molecule has 0 saturated heterocycles. The molecule has 0 spiro atoms. The van der Waals surface area contributed by atoms with Crippen molar-refractivity contribution in [2.75, 3.05) is 0 Å². The maximum Gasteiger partial charge on any atom is 0.341 e. The highest BCUT2D eigenvalue weighted by Gasteiger charge is 2.24. The summed E-state index contributed by atoms with van der Waals surface area (Å²) in [5.41, 5.74) is 2.26. The molecule has 1 aromatic carbocycles. The fourth-order valence-electron chi connectivity index (χ4n) is 2.72. The smallest absolute Gasteiger partial charge is 0.341 e. The average Bonchev–Trinajstić information content (AvgIpc) is 2.37. The Morgan fingerprint density at radius 1 is 1.45 bits per heavy atom. The Labute approximate surface area is 123 Å². The molecule has 0 radical (unpaired) electrons. The van der Waals surface area contributed by atoms with Gasteiger partial charge in [-0.3, -0.25) is 4.79 Å². The second-order valence-electron chi connectivity index (χ2n) is 4.98. The molecule has 1 aliphatic heterocycles. The van der Waals surface area contributed by atoms with Crippen LogP contribution in [0.15, 0.2) is 39.7 Å². The number of carboxylic acids is 1. The van der Waals surface area contributed by atoms with Crippen LogP contribution in [0.5, 0.6) is 0 Å². The maximum atomic E-state index is 12.0. The molecule has 0 fully saturated rings. The number of benzene rings is 1. The Morgan fingerprint density at radius 3 is 2.90 bits per heavy atom. The molecule has 1 N–H and O–H groups in total. The van der Waals surface area contributed by atoms with E-state index < -0.39 is 11.4 Å². The van der Waals surface area contributed by atoms with Crippen molar-refractivity contribution in [1.29, 1.82) is 0 Å². The van der Waals surface area contributed by atoms with E-state index in [1.54, 1.807) is 0 Å². The van der Waals surface area contributed by atoms with Gasteiger partial charge in [-0.25, -0.2) is 4.79 Å². The van der Waals surface area contributed by atoms with Crippen LogP contribution in [0.1, 0.15) is 28.9 Å². The molecule has 2 aromatic rings. The first-order valence-electron chi connectivity index (χ1n) is 6.26. The predicted octanol–water partition coefficient (Wildman–Crippen LogP) is 3.09. The van der Waals surface area contributed by atoms with E-state index >= 15 is 0 Å². The van der Waals surface area contributed by atoms with E-state index in [1.165, 1.54) is 12.3 Å². The van der Waals surface area contributed by atoms with Crippen molar-refractivity contribution in [1.82, 2.24) is 4.57 Å². The van der Waals surface area contributed by atoms with E-state index in [4.69, 9.17) is 5.11 Å². The third-order valence-electron chi connectivity index (χ3n) is 3.66. The molecule has 4 nitrogen and oxygen atoms in total. The van der Waals surface area contributed by atoms with Gasteiger partial charge in [-0.15, -0.1) is 0 Å². The fraction of sp³-hybridized carbons (Fsp3) is 0.200. The van der Waals surface area contributed by atoms with Gasteiger partial charge in [0, 0.05) is 28.3 Å². The van der Waals surface area contributed by atoms with Gasteiger partial charge in [-0.1, -0.05) is 28.1 Å². The molecule has 0 aliphatic carbocycles. The first kappa shape index (κ1) is 13.1. The van der Waals surface area contributed by atoms with Crippen LogP contribution in [0.25, 0.3) is 11.3 Å². The zero-order valence-electron chi connectivity index (χ0n) is 10.8. The summed E-state index contributed by atoms with van der Waals surface area (Å²) < 4.78 is 2.79. The number of hydrogen-bond donors (Lipinski definition) is 1. The lowest BCUT2D eigenvalue weighted by atomic mass is 9.93. The lowest BCUT2D eigenvalue weighted by Gasteiger charge is -2.29. The lowest BCUT2D eigenvalue weighted by Crippen LogP contribution is -2.24. The van der Waals surface area contributed by atoms with Crippen molar-refractivity contribution in [3.8, 4) is 11.3 Å². The lowest BCUT2D eigenvalue weighted by molar-refractivity contribution is 0.0694. The summed E-state index contributed by atoms with van der Waals surface area (Å²) in [5, 5.41) is 9.08. The van der Waals surface area contributed by atoms with Gasteiger partial charge < -0.3 is 9.67 Å². The fourth-order valence-corrected chi connectivity index (χ4v) is 3.33. The molecular weight excluding hydrogens is 322 g/mol. The normalized spacial score (nSPS) is 16.4. The summed E-state index contributed by atoms with van der Waals surface area (Å²) >= 11 is 3.51. The number of halogens is 1. The molecule has 20 heavy (non-hydrogen) atoms. The van der Waals surface area contributed by atoms with Gasteiger partial charge in [0.1, 0.15) is 5.56 Å². The summed E-state index contributed by atoms with van der Waals surface area (Å²) in [6.45, 7) is 2.02. The van der Waals surface area contributed by atoms with Gasteiger partial charge in [0.05, 0.1) is 5.69 Å². The minimum absolute atomic E-state index is 0.116. The maximum absolute atomic E-state index is 12.0. The van der Waals surface area contributed by atoms with Crippen molar-refractivity contribution in [2.24, 2.45) is 0 Å².